The van der Waals surface area contributed by atoms with Crippen molar-refractivity contribution >= 4 is 11.5 Å². The minimum absolute atomic E-state index is 0.138. The summed E-state index contributed by atoms with van der Waals surface area (Å²) in [5.41, 5.74) is 0.471. The molecule has 0 spiro atoms. The van der Waals surface area contributed by atoms with Crippen LogP contribution in [0.2, 0.25) is 0 Å². The molecule has 100 valence electrons. The number of carbonyl (C=O) groups excluding carboxylic acids is 1. The van der Waals surface area contributed by atoms with Crippen molar-refractivity contribution in [3.8, 4) is 0 Å². The van der Waals surface area contributed by atoms with Crippen LogP contribution in [0.5, 0.6) is 0 Å². The molecule has 0 aliphatic heterocycles. The molecule has 0 saturated heterocycles. The highest BCUT2D eigenvalue weighted by atomic mass is 16.5. The second kappa shape index (κ2) is 6.55. The average molecular weight is 249 g/mol. The number of carbonyl (C=O) groups is 1. The summed E-state index contributed by atoms with van der Waals surface area (Å²) in [7, 11) is 1.58. The molecular formula is C15H23NO2. The predicted octanol–water partition coefficient (Wildman–Crippen LogP) is 2.90. The maximum atomic E-state index is 12.0. The van der Waals surface area contributed by atoms with E-state index < -0.39 is 5.60 Å². The Kier molecular flexibility index (Phi) is 5.35. The summed E-state index contributed by atoms with van der Waals surface area (Å²) >= 11 is 0. The summed E-state index contributed by atoms with van der Waals surface area (Å²) < 4.78 is 5.20. The van der Waals surface area contributed by atoms with Crippen LogP contribution in [0.15, 0.2) is 30.3 Å². The van der Waals surface area contributed by atoms with Crippen molar-refractivity contribution in [2.24, 2.45) is 0 Å². The van der Waals surface area contributed by atoms with Gasteiger partial charge in [-0.05, 0) is 32.9 Å². The molecule has 0 atom stereocenters. The number of benzene rings is 1. The third kappa shape index (κ3) is 3.84. The van der Waals surface area contributed by atoms with E-state index in [0.717, 1.165) is 18.8 Å². The van der Waals surface area contributed by atoms with Gasteiger partial charge < -0.3 is 9.64 Å². The highest BCUT2D eigenvalue weighted by Crippen LogP contribution is 2.16. The molecule has 3 heteroatoms. The summed E-state index contributed by atoms with van der Waals surface area (Å²) in [6.45, 7) is 7.35. The summed E-state index contributed by atoms with van der Waals surface area (Å²) in [4.78, 5) is 14.2. The molecule has 0 fully saturated rings. The van der Waals surface area contributed by atoms with Gasteiger partial charge in [0.25, 0.3) is 0 Å². The molecule has 1 rings (SSSR count). The van der Waals surface area contributed by atoms with Gasteiger partial charge in [-0.25, -0.2) is 0 Å². The lowest BCUT2D eigenvalue weighted by Crippen LogP contribution is -2.36. The maximum absolute atomic E-state index is 12.0. The normalized spacial score (nSPS) is 11.3. The lowest BCUT2D eigenvalue weighted by Gasteiger charge is -2.26. The molecule has 0 aliphatic rings. The first-order chi connectivity index (χ1) is 8.51. The topological polar surface area (TPSA) is 29.5 Å². The molecule has 0 N–H and O–H groups in total. The van der Waals surface area contributed by atoms with Crippen LogP contribution in [-0.2, 0) is 9.53 Å². The Morgan fingerprint density at radius 2 is 1.89 bits per heavy atom. The predicted molar refractivity (Wildman–Crippen MR) is 75.0 cm³/mol. The van der Waals surface area contributed by atoms with Gasteiger partial charge >= 0.3 is 0 Å². The van der Waals surface area contributed by atoms with E-state index in [4.69, 9.17) is 4.74 Å². The zero-order valence-corrected chi connectivity index (χ0v) is 11.8. The van der Waals surface area contributed by atoms with Gasteiger partial charge in [0.15, 0.2) is 5.78 Å². The second-order valence-corrected chi connectivity index (χ2v) is 4.80. The Balaban J connectivity index is 2.59. The largest absolute Gasteiger partial charge is 0.371 e. The molecule has 0 heterocycles. The summed E-state index contributed by atoms with van der Waals surface area (Å²) in [5, 5.41) is 0. The fourth-order valence-electron chi connectivity index (χ4n) is 1.76. The SMILES string of the molecule is CCN(CCC(=O)C(C)(C)OC)c1ccccc1. The fraction of sp³-hybridized carbons (Fsp3) is 0.533. The van der Waals surface area contributed by atoms with Gasteiger partial charge in [-0.1, -0.05) is 18.2 Å². The van der Waals surface area contributed by atoms with Crippen LogP contribution in [-0.4, -0.2) is 31.6 Å². The van der Waals surface area contributed by atoms with E-state index in [2.05, 4.69) is 24.0 Å². The van der Waals surface area contributed by atoms with E-state index in [0.29, 0.717) is 6.42 Å². The summed E-state index contributed by atoms with van der Waals surface area (Å²) in [6, 6.07) is 10.2. The smallest absolute Gasteiger partial charge is 0.165 e. The van der Waals surface area contributed by atoms with E-state index in [1.807, 2.05) is 32.0 Å². The lowest BCUT2D eigenvalue weighted by molar-refractivity contribution is -0.136. The van der Waals surface area contributed by atoms with Crippen molar-refractivity contribution < 1.29 is 9.53 Å². The van der Waals surface area contributed by atoms with Crippen LogP contribution >= 0.6 is 0 Å². The molecule has 0 radical (unpaired) electrons. The zero-order valence-electron chi connectivity index (χ0n) is 11.8. The second-order valence-electron chi connectivity index (χ2n) is 4.80. The van der Waals surface area contributed by atoms with Gasteiger partial charge in [-0.15, -0.1) is 0 Å². The Bertz CT molecular complexity index is 373. The van der Waals surface area contributed by atoms with Crippen LogP contribution in [0, 0.1) is 0 Å². The number of ketones is 1. The summed E-state index contributed by atoms with van der Waals surface area (Å²) in [6.07, 6.45) is 0.504. The number of anilines is 1. The molecule has 18 heavy (non-hydrogen) atoms. The maximum Gasteiger partial charge on any atom is 0.165 e. The van der Waals surface area contributed by atoms with Crippen LogP contribution in [0.25, 0.3) is 0 Å². The molecule has 3 nitrogen and oxygen atoms in total. The number of nitrogens with zero attached hydrogens (tertiary/aromatic N) is 1. The van der Waals surface area contributed by atoms with Gasteiger partial charge in [0.1, 0.15) is 5.60 Å². The highest BCUT2D eigenvalue weighted by molar-refractivity contribution is 5.86. The molecule has 1 aromatic rings. The lowest BCUT2D eigenvalue weighted by atomic mass is 10.0. The van der Waals surface area contributed by atoms with Crippen molar-refractivity contribution in [2.45, 2.75) is 32.8 Å². The minimum Gasteiger partial charge on any atom is -0.371 e. The first-order valence-electron chi connectivity index (χ1n) is 6.39. The Labute approximate surface area is 110 Å². The highest BCUT2D eigenvalue weighted by Gasteiger charge is 2.26. The van der Waals surface area contributed by atoms with Gasteiger partial charge in [0.05, 0.1) is 0 Å². The molecule has 0 aliphatic carbocycles. The first kappa shape index (κ1) is 14.7. The zero-order chi connectivity index (χ0) is 13.6. The first-order valence-corrected chi connectivity index (χ1v) is 6.39. The number of methoxy groups -OCH3 is 1. The number of ether oxygens (including phenoxy) is 1. The molecule has 0 amide bonds. The third-order valence-corrected chi connectivity index (χ3v) is 3.29. The average Bonchev–Trinajstić information content (AvgIpc) is 2.40. The Hall–Kier alpha value is -1.35. The van der Waals surface area contributed by atoms with Gasteiger partial charge in [0.2, 0.25) is 0 Å². The molecule has 0 aromatic heterocycles. The molecule has 0 unspecified atom stereocenters. The standard InChI is InChI=1S/C15H23NO2/c1-5-16(13-9-7-6-8-10-13)12-11-14(17)15(2,3)18-4/h6-10H,5,11-12H2,1-4H3. The van der Waals surface area contributed by atoms with Crippen LogP contribution in [0.3, 0.4) is 0 Å². The number of hydrogen-bond acceptors (Lipinski definition) is 3. The van der Waals surface area contributed by atoms with Crippen molar-refractivity contribution in [3.63, 3.8) is 0 Å². The molecule has 1 aromatic carbocycles. The Morgan fingerprint density at radius 3 is 2.39 bits per heavy atom. The van der Waals surface area contributed by atoms with Crippen molar-refractivity contribution in [2.75, 3.05) is 25.1 Å². The summed E-state index contributed by atoms with van der Waals surface area (Å²) in [5.74, 6) is 0.138. The van der Waals surface area contributed by atoms with Gasteiger partial charge in [-0.3, -0.25) is 4.79 Å². The number of rotatable bonds is 7. The molecule has 0 bridgehead atoms. The van der Waals surface area contributed by atoms with Gasteiger partial charge in [0, 0.05) is 32.3 Å². The van der Waals surface area contributed by atoms with Crippen molar-refractivity contribution in [1.82, 2.24) is 0 Å². The van der Waals surface area contributed by atoms with Crippen LogP contribution < -0.4 is 4.90 Å². The molecular weight excluding hydrogens is 226 g/mol. The third-order valence-electron chi connectivity index (χ3n) is 3.29. The van der Waals surface area contributed by atoms with Crippen LogP contribution in [0.4, 0.5) is 5.69 Å². The quantitative estimate of drug-likeness (QED) is 0.744. The number of hydrogen-bond donors (Lipinski definition) is 0. The van der Waals surface area contributed by atoms with E-state index in [1.165, 1.54) is 0 Å². The monoisotopic (exact) mass is 249 g/mol. The van der Waals surface area contributed by atoms with Crippen LogP contribution in [0.1, 0.15) is 27.2 Å². The fourth-order valence-corrected chi connectivity index (χ4v) is 1.76. The van der Waals surface area contributed by atoms with E-state index >= 15 is 0 Å². The number of Topliss-reactive ketones (excluding diaryl/α,β-unsaturated/α-hetero) is 1. The van der Waals surface area contributed by atoms with E-state index in [-0.39, 0.29) is 5.78 Å². The van der Waals surface area contributed by atoms with E-state index in [1.54, 1.807) is 7.11 Å². The minimum atomic E-state index is -0.684. The molecule has 0 saturated carbocycles. The van der Waals surface area contributed by atoms with Crippen molar-refractivity contribution in [3.05, 3.63) is 30.3 Å². The van der Waals surface area contributed by atoms with E-state index in [9.17, 15) is 4.79 Å². The Morgan fingerprint density at radius 1 is 1.28 bits per heavy atom. The number of para-hydroxylation sites is 1. The van der Waals surface area contributed by atoms with Gasteiger partial charge in [-0.2, -0.15) is 0 Å². The van der Waals surface area contributed by atoms with Crippen molar-refractivity contribution in [1.29, 1.82) is 0 Å².